The van der Waals surface area contributed by atoms with Gasteiger partial charge in [-0.05, 0) is 56.5 Å². The molecule has 2 aliphatic carbocycles. The topological polar surface area (TPSA) is 15.3 Å². The molecule has 0 spiro atoms. The van der Waals surface area contributed by atoms with Crippen LogP contribution in [0.25, 0.3) is 0 Å². The van der Waals surface area contributed by atoms with E-state index in [4.69, 9.17) is 0 Å². The second-order valence-corrected chi connectivity index (χ2v) is 7.50. The lowest BCUT2D eigenvalue weighted by atomic mass is 9.72. The minimum Gasteiger partial charge on any atom is -0.312 e. The minimum atomic E-state index is 0.538. The van der Waals surface area contributed by atoms with Gasteiger partial charge in [-0.25, -0.2) is 0 Å². The van der Waals surface area contributed by atoms with Crippen molar-refractivity contribution in [3.8, 4) is 0 Å². The van der Waals surface area contributed by atoms with Gasteiger partial charge in [0.2, 0.25) is 0 Å². The van der Waals surface area contributed by atoms with E-state index in [0.717, 1.165) is 18.0 Å². The van der Waals surface area contributed by atoms with Crippen molar-refractivity contribution in [3.63, 3.8) is 0 Å². The summed E-state index contributed by atoms with van der Waals surface area (Å²) >= 11 is 0. The van der Waals surface area contributed by atoms with Crippen LogP contribution in [0, 0.1) is 11.3 Å². The molecule has 1 N–H and O–H groups in total. The maximum Gasteiger partial charge on any atom is 0.0223 e. The van der Waals surface area contributed by atoms with Gasteiger partial charge in [-0.1, -0.05) is 26.7 Å². The molecule has 1 aliphatic heterocycles. The van der Waals surface area contributed by atoms with Crippen LogP contribution in [0.4, 0.5) is 0 Å². The first-order valence-corrected chi connectivity index (χ1v) is 8.14. The molecule has 2 nitrogen and oxygen atoms in total. The first-order valence-electron chi connectivity index (χ1n) is 8.14. The van der Waals surface area contributed by atoms with Gasteiger partial charge in [0.1, 0.15) is 0 Å². The van der Waals surface area contributed by atoms with Crippen LogP contribution in [-0.2, 0) is 0 Å². The SMILES string of the molecule is CC1(C)CCCCC1N1CCCNC(C2CC2)C1. The summed E-state index contributed by atoms with van der Waals surface area (Å²) in [6.07, 6.45) is 10.0. The normalized spacial score (nSPS) is 38.3. The van der Waals surface area contributed by atoms with Crippen LogP contribution in [0.1, 0.15) is 58.8 Å². The zero-order chi connectivity index (χ0) is 12.6. The summed E-state index contributed by atoms with van der Waals surface area (Å²) in [5.74, 6) is 0.998. The number of hydrogen-bond acceptors (Lipinski definition) is 2. The molecule has 18 heavy (non-hydrogen) atoms. The van der Waals surface area contributed by atoms with Crippen molar-refractivity contribution in [1.82, 2.24) is 10.2 Å². The third-order valence-electron chi connectivity index (χ3n) is 5.54. The smallest absolute Gasteiger partial charge is 0.0223 e. The van der Waals surface area contributed by atoms with Crippen molar-refractivity contribution in [2.45, 2.75) is 70.9 Å². The van der Waals surface area contributed by atoms with Gasteiger partial charge in [-0.15, -0.1) is 0 Å². The van der Waals surface area contributed by atoms with Crippen LogP contribution in [0.2, 0.25) is 0 Å². The first kappa shape index (κ1) is 12.9. The van der Waals surface area contributed by atoms with Gasteiger partial charge in [0.15, 0.2) is 0 Å². The number of hydrogen-bond donors (Lipinski definition) is 1. The van der Waals surface area contributed by atoms with Crippen molar-refractivity contribution in [1.29, 1.82) is 0 Å². The Morgan fingerprint density at radius 3 is 2.61 bits per heavy atom. The monoisotopic (exact) mass is 250 g/mol. The fraction of sp³-hybridized carbons (Fsp3) is 1.00. The Hall–Kier alpha value is -0.0800. The highest BCUT2D eigenvalue weighted by molar-refractivity contribution is 4.95. The summed E-state index contributed by atoms with van der Waals surface area (Å²) in [4.78, 5) is 2.85. The lowest BCUT2D eigenvalue weighted by Crippen LogP contribution is -2.50. The highest BCUT2D eigenvalue weighted by atomic mass is 15.2. The van der Waals surface area contributed by atoms with Crippen LogP contribution in [-0.4, -0.2) is 36.6 Å². The molecule has 1 saturated heterocycles. The molecule has 2 heteroatoms. The molecule has 2 saturated carbocycles. The molecule has 3 aliphatic rings. The third-order valence-corrected chi connectivity index (χ3v) is 5.54. The molecular formula is C16H30N2. The Balaban J connectivity index is 1.68. The Kier molecular flexibility index (Phi) is 3.68. The molecule has 2 unspecified atom stereocenters. The first-order chi connectivity index (χ1) is 8.67. The molecule has 104 valence electrons. The largest absolute Gasteiger partial charge is 0.312 e. The van der Waals surface area contributed by atoms with Gasteiger partial charge < -0.3 is 5.32 Å². The molecule has 3 rings (SSSR count). The fourth-order valence-corrected chi connectivity index (χ4v) is 4.23. The highest BCUT2D eigenvalue weighted by Gasteiger charge is 2.40. The molecule has 0 bridgehead atoms. The lowest BCUT2D eigenvalue weighted by molar-refractivity contribution is 0.0464. The van der Waals surface area contributed by atoms with E-state index in [1.54, 1.807) is 0 Å². The summed E-state index contributed by atoms with van der Waals surface area (Å²) in [7, 11) is 0. The van der Waals surface area contributed by atoms with E-state index in [2.05, 4.69) is 24.1 Å². The van der Waals surface area contributed by atoms with Crippen molar-refractivity contribution >= 4 is 0 Å². The third kappa shape index (κ3) is 2.75. The Labute approximate surface area is 113 Å². The molecular weight excluding hydrogens is 220 g/mol. The molecule has 0 radical (unpaired) electrons. The quantitative estimate of drug-likeness (QED) is 0.810. The Morgan fingerprint density at radius 1 is 1.06 bits per heavy atom. The molecule has 0 aromatic heterocycles. The van der Waals surface area contributed by atoms with Crippen LogP contribution in [0.15, 0.2) is 0 Å². The van der Waals surface area contributed by atoms with Gasteiger partial charge >= 0.3 is 0 Å². The summed E-state index contributed by atoms with van der Waals surface area (Å²) in [6, 6.07) is 1.64. The minimum absolute atomic E-state index is 0.538. The summed E-state index contributed by atoms with van der Waals surface area (Å²) in [6.45, 7) is 8.89. The van der Waals surface area contributed by atoms with Gasteiger partial charge in [0.05, 0.1) is 0 Å². The zero-order valence-corrected chi connectivity index (χ0v) is 12.3. The van der Waals surface area contributed by atoms with Crippen molar-refractivity contribution in [2.24, 2.45) is 11.3 Å². The maximum atomic E-state index is 3.80. The van der Waals surface area contributed by atoms with Crippen LogP contribution >= 0.6 is 0 Å². The van der Waals surface area contributed by atoms with Crippen LogP contribution < -0.4 is 5.32 Å². The molecule has 0 aromatic rings. The zero-order valence-electron chi connectivity index (χ0n) is 12.3. The molecule has 2 atom stereocenters. The van der Waals surface area contributed by atoms with Crippen molar-refractivity contribution in [3.05, 3.63) is 0 Å². The second-order valence-electron chi connectivity index (χ2n) is 7.50. The van der Waals surface area contributed by atoms with E-state index in [-0.39, 0.29) is 0 Å². The Bertz CT molecular complexity index is 283. The van der Waals surface area contributed by atoms with Crippen molar-refractivity contribution < 1.29 is 0 Å². The van der Waals surface area contributed by atoms with Crippen molar-refractivity contribution in [2.75, 3.05) is 19.6 Å². The van der Waals surface area contributed by atoms with Gasteiger partial charge in [0, 0.05) is 18.6 Å². The van der Waals surface area contributed by atoms with E-state index >= 15 is 0 Å². The predicted molar refractivity (Wildman–Crippen MR) is 76.7 cm³/mol. The van der Waals surface area contributed by atoms with Gasteiger partial charge in [0.25, 0.3) is 0 Å². The standard InChI is InChI=1S/C16H30N2/c1-16(2)9-4-3-6-15(16)18-11-5-10-17-14(12-18)13-7-8-13/h13-15,17H,3-12H2,1-2H3. The number of nitrogens with one attached hydrogen (secondary N) is 1. The fourth-order valence-electron chi connectivity index (χ4n) is 4.23. The average Bonchev–Trinajstić information content (AvgIpc) is 3.15. The molecule has 3 fully saturated rings. The molecule has 0 aromatic carbocycles. The summed E-state index contributed by atoms with van der Waals surface area (Å²) in [5, 5.41) is 3.80. The number of rotatable bonds is 2. The second kappa shape index (κ2) is 5.13. The van der Waals surface area contributed by atoms with Crippen LogP contribution in [0.5, 0.6) is 0 Å². The highest BCUT2D eigenvalue weighted by Crippen LogP contribution is 2.40. The molecule has 1 heterocycles. The van der Waals surface area contributed by atoms with E-state index in [1.165, 1.54) is 64.6 Å². The number of nitrogens with zero attached hydrogens (tertiary/aromatic N) is 1. The lowest BCUT2D eigenvalue weighted by Gasteiger charge is -2.46. The summed E-state index contributed by atoms with van der Waals surface area (Å²) in [5.41, 5.74) is 0.538. The van der Waals surface area contributed by atoms with E-state index in [1.807, 2.05) is 0 Å². The predicted octanol–water partition coefficient (Wildman–Crippen LogP) is 3.03. The van der Waals surface area contributed by atoms with E-state index in [0.29, 0.717) is 5.41 Å². The molecule has 0 amide bonds. The van der Waals surface area contributed by atoms with Gasteiger partial charge in [-0.3, -0.25) is 4.90 Å². The van der Waals surface area contributed by atoms with E-state index < -0.39 is 0 Å². The van der Waals surface area contributed by atoms with E-state index in [9.17, 15) is 0 Å². The van der Waals surface area contributed by atoms with Gasteiger partial charge in [-0.2, -0.15) is 0 Å². The Morgan fingerprint density at radius 2 is 1.89 bits per heavy atom. The van der Waals surface area contributed by atoms with Crippen LogP contribution in [0.3, 0.4) is 0 Å². The average molecular weight is 250 g/mol. The maximum absolute atomic E-state index is 3.80. The summed E-state index contributed by atoms with van der Waals surface area (Å²) < 4.78 is 0.